The summed E-state index contributed by atoms with van der Waals surface area (Å²) in [7, 11) is 0. The summed E-state index contributed by atoms with van der Waals surface area (Å²) in [5.74, 6) is 1.20. The number of hydrogen-bond donors (Lipinski definition) is 0. The van der Waals surface area contributed by atoms with Crippen molar-refractivity contribution in [3.05, 3.63) is 121 Å². The van der Waals surface area contributed by atoms with E-state index in [1.165, 1.54) is 5.56 Å². The monoisotopic (exact) mass is 737 g/mol. The molecule has 8 rings (SSSR count). The number of fused-ring (bicyclic) bond motifs is 9. The summed E-state index contributed by atoms with van der Waals surface area (Å²) < 4.78 is 8.61. The number of nitrogens with zero attached hydrogens (tertiary/aromatic N) is 4. The molecule has 0 N–H and O–H groups in total. The largest absolute Gasteiger partial charge is 2.00 e. The SMILES string of the molecule is CC(C)(C)c1ccnc(-c2[c-]c(Oc3[c-]c4c(cc3)c3cccnc3n3c5ccccc5nc43)cc3ccccc23)c1.[Pt+2]. The third-order valence-electron chi connectivity index (χ3n) is 7.86. The van der Waals surface area contributed by atoms with Gasteiger partial charge < -0.3 is 14.1 Å². The number of para-hydroxylation sites is 2. The van der Waals surface area contributed by atoms with Gasteiger partial charge in [0.15, 0.2) is 0 Å². The third kappa shape index (κ3) is 4.56. The van der Waals surface area contributed by atoms with Crippen LogP contribution in [0.5, 0.6) is 11.5 Å². The Labute approximate surface area is 263 Å². The van der Waals surface area contributed by atoms with E-state index in [4.69, 9.17) is 19.7 Å². The molecule has 0 aliphatic carbocycles. The van der Waals surface area contributed by atoms with Crippen molar-refractivity contribution >= 4 is 49.3 Å². The molecular weight excluding hydrogens is 712 g/mol. The van der Waals surface area contributed by atoms with E-state index >= 15 is 0 Å². The van der Waals surface area contributed by atoms with Gasteiger partial charge in [-0.3, -0.25) is 4.98 Å². The van der Waals surface area contributed by atoms with E-state index in [-0.39, 0.29) is 26.5 Å². The van der Waals surface area contributed by atoms with Crippen molar-refractivity contribution in [2.75, 3.05) is 0 Å². The maximum atomic E-state index is 6.50. The summed E-state index contributed by atoms with van der Waals surface area (Å²) in [6, 6.07) is 37.8. The summed E-state index contributed by atoms with van der Waals surface area (Å²) in [6.07, 6.45) is 3.70. The minimum atomic E-state index is 0. The van der Waals surface area contributed by atoms with Crippen molar-refractivity contribution in [2.24, 2.45) is 0 Å². The van der Waals surface area contributed by atoms with Crippen molar-refractivity contribution in [1.29, 1.82) is 0 Å². The maximum absolute atomic E-state index is 6.50. The van der Waals surface area contributed by atoms with Crippen LogP contribution < -0.4 is 4.74 Å². The normalized spacial score (nSPS) is 11.9. The molecule has 6 heteroatoms. The van der Waals surface area contributed by atoms with Crippen molar-refractivity contribution in [2.45, 2.75) is 26.2 Å². The Morgan fingerprint density at radius 2 is 1.51 bits per heavy atom. The van der Waals surface area contributed by atoms with Crippen LogP contribution in [0.4, 0.5) is 0 Å². The molecule has 0 saturated carbocycles. The van der Waals surface area contributed by atoms with Gasteiger partial charge in [0.1, 0.15) is 5.65 Å². The Balaban J connectivity index is 0.00000300. The summed E-state index contributed by atoms with van der Waals surface area (Å²) in [5, 5.41) is 5.08. The molecule has 0 aliphatic heterocycles. The molecule has 4 aromatic carbocycles. The van der Waals surface area contributed by atoms with Crippen LogP contribution in [-0.4, -0.2) is 19.4 Å². The molecular formula is C37H26N4OPt. The van der Waals surface area contributed by atoms with Gasteiger partial charge in [0.05, 0.1) is 16.7 Å². The summed E-state index contributed by atoms with van der Waals surface area (Å²) in [4.78, 5) is 14.4. The summed E-state index contributed by atoms with van der Waals surface area (Å²) in [5.41, 5.74) is 6.60. The van der Waals surface area contributed by atoms with Crippen LogP contribution in [0.25, 0.3) is 60.5 Å². The van der Waals surface area contributed by atoms with Crippen molar-refractivity contribution < 1.29 is 25.8 Å². The fourth-order valence-corrected chi connectivity index (χ4v) is 5.76. The summed E-state index contributed by atoms with van der Waals surface area (Å²) >= 11 is 0. The zero-order chi connectivity index (χ0) is 28.4. The van der Waals surface area contributed by atoms with Crippen LogP contribution in [0.1, 0.15) is 26.3 Å². The number of imidazole rings is 1. The second-order valence-corrected chi connectivity index (χ2v) is 11.6. The van der Waals surface area contributed by atoms with Crippen LogP contribution >= 0.6 is 0 Å². The van der Waals surface area contributed by atoms with Crippen LogP contribution in [0.3, 0.4) is 0 Å². The first-order valence-electron chi connectivity index (χ1n) is 14.0. The molecule has 4 heterocycles. The van der Waals surface area contributed by atoms with Crippen molar-refractivity contribution in [3.8, 4) is 22.8 Å². The third-order valence-corrected chi connectivity index (χ3v) is 7.86. The van der Waals surface area contributed by atoms with Gasteiger partial charge in [-0.1, -0.05) is 115 Å². The second-order valence-electron chi connectivity index (χ2n) is 11.6. The Kier molecular flexibility index (Phi) is 6.52. The molecule has 0 saturated heterocycles. The molecule has 8 aromatic rings. The summed E-state index contributed by atoms with van der Waals surface area (Å²) in [6.45, 7) is 6.63. The molecule has 4 aromatic heterocycles. The zero-order valence-electron chi connectivity index (χ0n) is 23.8. The average Bonchev–Trinajstić information content (AvgIpc) is 3.41. The first-order valence-corrected chi connectivity index (χ1v) is 14.0. The zero-order valence-corrected chi connectivity index (χ0v) is 26.1. The molecule has 0 unspecified atom stereocenters. The topological polar surface area (TPSA) is 52.3 Å². The van der Waals surface area contributed by atoms with E-state index in [1.54, 1.807) is 0 Å². The van der Waals surface area contributed by atoms with Gasteiger partial charge in [-0.2, -0.15) is 0 Å². The molecule has 0 amide bonds. The van der Waals surface area contributed by atoms with Gasteiger partial charge in [0, 0.05) is 23.9 Å². The van der Waals surface area contributed by atoms with Gasteiger partial charge in [-0.05, 0) is 46.3 Å². The fourth-order valence-electron chi connectivity index (χ4n) is 5.76. The van der Waals surface area contributed by atoms with E-state index in [9.17, 15) is 0 Å². The molecule has 0 bridgehead atoms. The quantitative estimate of drug-likeness (QED) is 0.134. The van der Waals surface area contributed by atoms with Gasteiger partial charge in [-0.15, -0.1) is 11.6 Å². The van der Waals surface area contributed by atoms with E-state index in [0.29, 0.717) is 11.5 Å². The smallest absolute Gasteiger partial charge is 0.497 e. The number of ether oxygens (including phenoxy) is 1. The Bertz CT molecular complexity index is 2340. The maximum Gasteiger partial charge on any atom is 2.00 e. The van der Waals surface area contributed by atoms with Gasteiger partial charge in [-0.25, -0.2) is 4.98 Å². The van der Waals surface area contributed by atoms with Crippen LogP contribution in [-0.2, 0) is 26.5 Å². The van der Waals surface area contributed by atoms with E-state index < -0.39 is 0 Å². The van der Waals surface area contributed by atoms with Gasteiger partial charge in [0.2, 0.25) is 0 Å². The predicted octanol–water partition coefficient (Wildman–Crippen LogP) is 9.09. The van der Waals surface area contributed by atoms with E-state index in [2.05, 4.69) is 79.8 Å². The molecule has 0 atom stereocenters. The van der Waals surface area contributed by atoms with Gasteiger partial charge in [0.25, 0.3) is 0 Å². The van der Waals surface area contributed by atoms with Gasteiger partial charge >= 0.3 is 21.1 Å². The number of hydrogen-bond acceptors (Lipinski definition) is 4. The van der Waals surface area contributed by atoms with Crippen LogP contribution in [0, 0.1) is 12.1 Å². The minimum Gasteiger partial charge on any atom is -0.497 e. The van der Waals surface area contributed by atoms with Crippen molar-refractivity contribution in [3.63, 3.8) is 0 Å². The Morgan fingerprint density at radius 3 is 2.40 bits per heavy atom. The standard InChI is InChI=1S/C37H26N4O.Pt/c1-37(2,3)24-16-18-38-33(20-24)30-22-26(19-23-9-4-5-10-27(23)30)42-25-14-15-28-29-11-8-17-39-35(29)41-34-13-7-6-12-32(34)40-36(41)31(28)21-25;/h4-20H,1-3H3;/q-2;+2. The average molecular weight is 738 g/mol. The van der Waals surface area contributed by atoms with Crippen LogP contribution in [0.15, 0.2) is 103 Å². The molecule has 210 valence electrons. The number of aromatic nitrogens is 4. The second kappa shape index (κ2) is 10.3. The van der Waals surface area contributed by atoms with E-state index in [0.717, 1.165) is 60.5 Å². The number of pyridine rings is 3. The Morgan fingerprint density at radius 1 is 0.698 bits per heavy atom. The predicted molar refractivity (Wildman–Crippen MR) is 169 cm³/mol. The molecule has 5 nitrogen and oxygen atoms in total. The first kappa shape index (κ1) is 27.2. The minimum absolute atomic E-state index is 0. The Hall–Kier alpha value is -4.60. The fraction of sp³-hybridized carbons (Fsp3) is 0.108. The molecule has 0 spiro atoms. The first-order chi connectivity index (χ1) is 20.4. The molecule has 0 fully saturated rings. The number of benzene rings is 4. The van der Waals surface area contributed by atoms with Crippen molar-refractivity contribution in [1.82, 2.24) is 19.4 Å². The molecule has 43 heavy (non-hydrogen) atoms. The number of rotatable bonds is 3. The van der Waals surface area contributed by atoms with Crippen LogP contribution in [0.2, 0.25) is 0 Å². The molecule has 0 radical (unpaired) electrons. The van der Waals surface area contributed by atoms with E-state index in [1.807, 2.05) is 60.9 Å². The molecule has 0 aliphatic rings.